The zero-order valence-corrected chi connectivity index (χ0v) is 12.7. The number of hydrogen-bond donors (Lipinski definition) is 0. The average molecular weight is 290 g/mol. The van der Waals surface area contributed by atoms with Crippen molar-refractivity contribution in [3.63, 3.8) is 0 Å². The number of pyridine rings is 1. The molecule has 0 saturated carbocycles. The molecule has 0 bridgehead atoms. The lowest BCUT2D eigenvalue weighted by atomic mass is 9.80. The number of azide groups is 1. The summed E-state index contributed by atoms with van der Waals surface area (Å²) >= 11 is 0. The van der Waals surface area contributed by atoms with Crippen molar-refractivity contribution in [2.24, 2.45) is 5.11 Å². The normalized spacial score (nSPS) is 19.1. The van der Waals surface area contributed by atoms with Crippen molar-refractivity contribution in [3.05, 3.63) is 28.8 Å². The summed E-state index contributed by atoms with van der Waals surface area (Å²) in [6.07, 6.45) is 1.67. The minimum Gasteiger partial charge on any atom is -0.478 e. The first-order valence-corrected chi connectivity index (χ1v) is 6.81. The molecule has 1 aromatic rings. The van der Waals surface area contributed by atoms with Crippen molar-refractivity contribution in [1.29, 1.82) is 0 Å². The Labute approximate surface area is 124 Å². The second-order valence-electron chi connectivity index (χ2n) is 5.82. The summed E-state index contributed by atoms with van der Waals surface area (Å²) in [5.41, 5.74) is 8.26. The monoisotopic (exact) mass is 290 g/mol. The van der Waals surface area contributed by atoms with Crippen LogP contribution in [0.4, 0.5) is 0 Å². The molecule has 0 radical (unpaired) electrons. The van der Waals surface area contributed by atoms with Crippen LogP contribution in [0, 0.1) is 0 Å². The second kappa shape index (κ2) is 5.93. The molecule has 1 aromatic heterocycles. The minimum atomic E-state index is -0.431. The molecule has 1 aliphatic rings. The fourth-order valence-electron chi connectivity index (χ4n) is 1.83. The van der Waals surface area contributed by atoms with Crippen LogP contribution >= 0.6 is 0 Å². The van der Waals surface area contributed by atoms with Gasteiger partial charge in [0.25, 0.3) is 0 Å². The lowest BCUT2D eigenvalue weighted by Gasteiger charge is -2.32. The smallest absolute Gasteiger partial charge is 0.478 e. The highest BCUT2D eigenvalue weighted by Gasteiger charge is 2.51. The van der Waals surface area contributed by atoms with E-state index in [2.05, 4.69) is 15.0 Å². The Morgan fingerprint density at radius 3 is 2.48 bits per heavy atom. The zero-order valence-electron chi connectivity index (χ0n) is 12.7. The zero-order chi connectivity index (χ0) is 15.5. The lowest BCUT2D eigenvalue weighted by Crippen LogP contribution is -2.41. The van der Waals surface area contributed by atoms with Crippen LogP contribution in [0.2, 0.25) is 0 Å². The SMILES string of the molecule is CC1(C)OB(c2ccc(OCCN=[N+]=[N-])nc2)OC1(C)C. The number of rotatable bonds is 5. The Bertz CT molecular complexity index is 525. The summed E-state index contributed by atoms with van der Waals surface area (Å²) in [6, 6.07) is 3.61. The molecule has 0 unspecified atom stereocenters. The molecule has 0 atom stereocenters. The molecule has 0 aliphatic carbocycles. The molecule has 0 aromatic carbocycles. The molecule has 2 rings (SSSR count). The van der Waals surface area contributed by atoms with Gasteiger partial charge in [-0.1, -0.05) is 11.2 Å². The number of hydrogen-bond acceptors (Lipinski definition) is 5. The van der Waals surface area contributed by atoms with E-state index in [1.54, 1.807) is 12.3 Å². The van der Waals surface area contributed by atoms with E-state index in [4.69, 9.17) is 19.6 Å². The third kappa shape index (κ3) is 3.47. The number of aromatic nitrogens is 1. The largest absolute Gasteiger partial charge is 0.496 e. The van der Waals surface area contributed by atoms with E-state index in [9.17, 15) is 0 Å². The van der Waals surface area contributed by atoms with Crippen LogP contribution in [0.3, 0.4) is 0 Å². The van der Waals surface area contributed by atoms with Crippen LogP contribution in [0.1, 0.15) is 27.7 Å². The van der Waals surface area contributed by atoms with Crippen LogP contribution in [0.5, 0.6) is 5.88 Å². The predicted octanol–water partition coefficient (Wildman–Crippen LogP) is 2.07. The van der Waals surface area contributed by atoms with E-state index < -0.39 is 7.12 Å². The van der Waals surface area contributed by atoms with E-state index in [0.717, 1.165) is 5.46 Å². The van der Waals surface area contributed by atoms with Gasteiger partial charge in [0.1, 0.15) is 0 Å². The molecule has 0 spiro atoms. The first-order chi connectivity index (χ1) is 9.86. The summed E-state index contributed by atoms with van der Waals surface area (Å²) in [5, 5.41) is 3.39. The van der Waals surface area contributed by atoms with Crippen molar-refractivity contribution in [2.45, 2.75) is 38.9 Å². The Morgan fingerprint density at radius 2 is 1.95 bits per heavy atom. The van der Waals surface area contributed by atoms with Crippen LogP contribution in [-0.2, 0) is 9.31 Å². The molecule has 7 nitrogen and oxygen atoms in total. The van der Waals surface area contributed by atoms with Crippen LogP contribution in [-0.4, -0.2) is 36.5 Å². The van der Waals surface area contributed by atoms with Crippen LogP contribution < -0.4 is 10.2 Å². The van der Waals surface area contributed by atoms with Crippen molar-refractivity contribution in [3.8, 4) is 5.88 Å². The van der Waals surface area contributed by atoms with E-state index in [-0.39, 0.29) is 17.7 Å². The maximum atomic E-state index is 8.17. The molecular weight excluding hydrogens is 271 g/mol. The summed E-state index contributed by atoms with van der Waals surface area (Å²) in [6.45, 7) is 8.60. The molecular formula is C13H19BN4O3. The van der Waals surface area contributed by atoms with Crippen LogP contribution in [0.15, 0.2) is 23.4 Å². The van der Waals surface area contributed by atoms with Gasteiger partial charge in [-0.3, -0.25) is 0 Å². The van der Waals surface area contributed by atoms with E-state index in [1.165, 1.54) is 0 Å². The van der Waals surface area contributed by atoms with Crippen molar-refractivity contribution in [2.75, 3.05) is 13.2 Å². The molecule has 2 heterocycles. The topological polar surface area (TPSA) is 89.3 Å². The van der Waals surface area contributed by atoms with Gasteiger partial charge < -0.3 is 14.0 Å². The van der Waals surface area contributed by atoms with Gasteiger partial charge in [0.2, 0.25) is 5.88 Å². The van der Waals surface area contributed by atoms with Gasteiger partial charge in [-0.25, -0.2) is 4.98 Å². The van der Waals surface area contributed by atoms with Gasteiger partial charge in [0.15, 0.2) is 0 Å². The third-order valence-corrected chi connectivity index (χ3v) is 3.79. The van der Waals surface area contributed by atoms with Crippen LogP contribution in [0.25, 0.3) is 10.4 Å². The Hall–Kier alpha value is -1.76. The molecule has 1 fully saturated rings. The summed E-state index contributed by atoms with van der Waals surface area (Å²) < 4.78 is 17.2. The average Bonchev–Trinajstić information content (AvgIpc) is 2.64. The van der Waals surface area contributed by atoms with Gasteiger partial charge in [-0.15, -0.1) is 0 Å². The highest BCUT2D eigenvalue weighted by Crippen LogP contribution is 2.36. The summed E-state index contributed by atoms with van der Waals surface area (Å²) in [5.74, 6) is 0.475. The molecule has 0 N–H and O–H groups in total. The van der Waals surface area contributed by atoms with Gasteiger partial charge in [0.05, 0.1) is 24.4 Å². The second-order valence-corrected chi connectivity index (χ2v) is 5.82. The molecule has 0 amide bonds. The van der Waals surface area contributed by atoms with E-state index >= 15 is 0 Å². The summed E-state index contributed by atoms with van der Waals surface area (Å²) in [4.78, 5) is 6.85. The summed E-state index contributed by atoms with van der Waals surface area (Å²) in [7, 11) is -0.431. The van der Waals surface area contributed by atoms with Gasteiger partial charge >= 0.3 is 7.12 Å². The van der Waals surface area contributed by atoms with E-state index in [1.807, 2.05) is 33.8 Å². The Morgan fingerprint density at radius 1 is 1.29 bits per heavy atom. The minimum absolute atomic E-state index is 0.275. The fraction of sp³-hybridized carbons (Fsp3) is 0.615. The highest BCUT2D eigenvalue weighted by molar-refractivity contribution is 6.62. The molecule has 112 valence electrons. The van der Waals surface area contributed by atoms with Gasteiger partial charge in [-0.2, -0.15) is 0 Å². The van der Waals surface area contributed by atoms with E-state index in [0.29, 0.717) is 12.5 Å². The maximum absolute atomic E-state index is 8.17. The maximum Gasteiger partial charge on any atom is 0.496 e. The molecule has 1 aliphatic heterocycles. The lowest BCUT2D eigenvalue weighted by molar-refractivity contribution is 0.00578. The van der Waals surface area contributed by atoms with Gasteiger partial charge in [0, 0.05) is 16.6 Å². The number of nitrogens with zero attached hydrogens (tertiary/aromatic N) is 4. The van der Waals surface area contributed by atoms with Crippen molar-refractivity contribution in [1.82, 2.24) is 4.98 Å². The van der Waals surface area contributed by atoms with Crippen molar-refractivity contribution < 1.29 is 14.0 Å². The van der Waals surface area contributed by atoms with Gasteiger partial charge in [-0.05, 0) is 39.3 Å². The third-order valence-electron chi connectivity index (χ3n) is 3.79. The fourth-order valence-corrected chi connectivity index (χ4v) is 1.83. The first kappa shape index (κ1) is 15.6. The standard InChI is InChI=1S/C13H19BN4O3/c1-12(2)13(3,4)21-14(20-12)10-5-6-11(16-9-10)19-8-7-17-18-15/h5-6,9H,7-8H2,1-4H3. The highest BCUT2D eigenvalue weighted by atomic mass is 16.7. The van der Waals surface area contributed by atoms with Crippen molar-refractivity contribution >= 4 is 12.6 Å². The number of ether oxygens (including phenoxy) is 1. The predicted molar refractivity (Wildman–Crippen MR) is 79.5 cm³/mol. The Balaban J connectivity index is 1.98. The Kier molecular flexibility index (Phi) is 4.41. The quantitative estimate of drug-likeness (QED) is 0.273. The molecule has 1 saturated heterocycles. The first-order valence-electron chi connectivity index (χ1n) is 6.81. The molecule has 8 heteroatoms. The molecule has 21 heavy (non-hydrogen) atoms.